The summed E-state index contributed by atoms with van der Waals surface area (Å²) < 4.78 is 6.06. The summed E-state index contributed by atoms with van der Waals surface area (Å²) in [5, 5.41) is 19.0. The van der Waals surface area contributed by atoms with Crippen molar-refractivity contribution in [1.29, 1.82) is 0 Å². The lowest BCUT2D eigenvalue weighted by atomic mass is 10.0. The van der Waals surface area contributed by atoms with Crippen LogP contribution in [-0.4, -0.2) is 28.4 Å². The Labute approximate surface area is 177 Å². The fourth-order valence-electron chi connectivity index (χ4n) is 3.69. The minimum absolute atomic E-state index is 0.135. The van der Waals surface area contributed by atoms with Gasteiger partial charge in [0.15, 0.2) is 0 Å². The third kappa shape index (κ3) is 15.2. The molecule has 4 heteroatoms. The first-order valence-electron chi connectivity index (χ1n) is 11.7. The van der Waals surface area contributed by atoms with Crippen molar-refractivity contribution in [2.75, 3.05) is 0 Å². The van der Waals surface area contributed by atoms with Gasteiger partial charge in [0, 0.05) is 6.42 Å². The van der Waals surface area contributed by atoms with Crippen LogP contribution >= 0.6 is 0 Å². The third-order valence-corrected chi connectivity index (χ3v) is 5.40. The van der Waals surface area contributed by atoms with Crippen molar-refractivity contribution in [1.82, 2.24) is 0 Å². The van der Waals surface area contributed by atoms with E-state index in [-0.39, 0.29) is 12.2 Å². The molecule has 0 spiro atoms. The van der Waals surface area contributed by atoms with Crippen molar-refractivity contribution in [3.63, 3.8) is 0 Å². The van der Waals surface area contributed by atoms with Gasteiger partial charge in [-0.25, -0.2) is 0 Å². The van der Waals surface area contributed by atoms with Gasteiger partial charge in [0.25, 0.3) is 0 Å². The van der Waals surface area contributed by atoms with Gasteiger partial charge in [-0.2, -0.15) is 0 Å². The van der Waals surface area contributed by atoms with Gasteiger partial charge in [-0.3, -0.25) is 4.79 Å². The molecule has 1 rings (SSSR count). The highest BCUT2D eigenvalue weighted by atomic mass is 16.5. The van der Waals surface area contributed by atoms with Gasteiger partial charge >= 0.3 is 5.97 Å². The van der Waals surface area contributed by atoms with Crippen molar-refractivity contribution in [2.45, 2.75) is 116 Å². The molecule has 0 radical (unpaired) electrons. The van der Waals surface area contributed by atoms with E-state index < -0.39 is 5.97 Å². The van der Waals surface area contributed by atoms with Crippen molar-refractivity contribution in [3.05, 3.63) is 35.9 Å². The van der Waals surface area contributed by atoms with Crippen LogP contribution in [0.25, 0.3) is 0 Å². The summed E-state index contributed by atoms with van der Waals surface area (Å²) in [5.74, 6) is -0.684. The monoisotopic (exact) mass is 406 g/mol. The summed E-state index contributed by atoms with van der Waals surface area (Å²) in [6, 6.07) is 10.2. The summed E-state index contributed by atoms with van der Waals surface area (Å²) >= 11 is 0. The number of carbonyl (C=O) groups is 1. The second kappa shape index (κ2) is 17.5. The highest BCUT2D eigenvalue weighted by molar-refractivity contribution is 5.66. The zero-order chi connectivity index (χ0) is 21.2. The minimum atomic E-state index is -0.684. The number of hydrogen-bond donors (Lipinski definition) is 2. The molecule has 2 unspecified atom stereocenters. The van der Waals surface area contributed by atoms with E-state index in [1.807, 2.05) is 18.2 Å². The van der Waals surface area contributed by atoms with E-state index in [4.69, 9.17) is 9.84 Å². The molecule has 1 aromatic rings. The lowest BCUT2D eigenvalue weighted by molar-refractivity contribution is -0.137. The molecule has 0 bridgehead atoms. The summed E-state index contributed by atoms with van der Waals surface area (Å²) in [6.07, 6.45) is 14.0. The van der Waals surface area contributed by atoms with E-state index in [1.165, 1.54) is 37.7 Å². The first kappa shape index (κ1) is 25.6. The molecule has 0 aliphatic carbocycles. The van der Waals surface area contributed by atoms with Crippen LogP contribution in [-0.2, 0) is 16.1 Å². The summed E-state index contributed by atoms with van der Waals surface area (Å²) in [5.41, 5.74) is 1.19. The smallest absolute Gasteiger partial charge is 0.303 e. The van der Waals surface area contributed by atoms with E-state index in [0.29, 0.717) is 13.0 Å². The van der Waals surface area contributed by atoms with Crippen molar-refractivity contribution in [2.24, 2.45) is 0 Å². The number of carboxylic acid groups (broad SMARTS) is 1. The number of unbranched alkanes of at least 4 members (excludes halogenated alkanes) is 8. The molecular weight excluding hydrogens is 364 g/mol. The first-order chi connectivity index (χ1) is 14.1. The van der Waals surface area contributed by atoms with E-state index in [2.05, 4.69) is 19.1 Å². The quantitative estimate of drug-likeness (QED) is 0.257. The Hall–Kier alpha value is -1.39. The standard InChI is InChI=1S/C25H42O4/c1-2-15-24(29-21-22-16-11-10-12-17-22)20-23(26)18-13-8-6-4-3-5-7-9-14-19-25(27)28/h10-12,16-17,23-24,26H,2-9,13-15,18-21H2,1H3,(H,27,28). The number of aliphatic carboxylic acids is 1. The van der Waals surface area contributed by atoms with E-state index in [9.17, 15) is 9.90 Å². The number of rotatable bonds is 19. The Morgan fingerprint density at radius 2 is 1.48 bits per heavy atom. The molecule has 2 N–H and O–H groups in total. The number of carboxylic acids is 1. The number of hydrogen-bond acceptors (Lipinski definition) is 3. The fraction of sp³-hybridized carbons (Fsp3) is 0.720. The van der Waals surface area contributed by atoms with E-state index in [1.54, 1.807) is 0 Å². The third-order valence-electron chi connectivity index (χ3n) is 5.40. The van der Waals surface area contributed by atoms with Gasteiger partial charge in [0.2, 0.25) is 0 Å². The average molecular weight is 407 g/mol. The molecule has 0 saturated heterocycles. The van der Waals surface area contributed by atoms with Gasteiger partial charge in [-0.1, -0.05) is 95.0 Å². The van der Waals surface area contributed by atoms with Gasteiger partial charge in [-0.15, -0.1) is 0 Å². The van der Waals surface area contributed by atoms with E-state index >= 15 is 0 Å². The molecule has 1 aromatic carbocycles. The summed E-state index contributed by atoms with van der Waals surface area (Å²) in [4.78, 5) is 10.4. The summed E-state index contributed by atoms with van der Waals surface area (Å²) in [7, 11) is 0. The first-order valence-corrected chi connectivity index (χ1v) is 11.7. The lowest BCUT2D eigenvalue weighted by Gasteiger charge is -2.21. The molecule has 2 atom stereocenters. The second-order valence-corrected chi connectivity index (χ2v) is 8.21. The van der Waals surface area contributed by atoms with Crippen LogP contribution < -0.4 is 0 Å². The van der Waals surface area contributed by atoms with Crippen LogP contribution in [0.1, 0.15) is 102 Å². The van der Waals surface area contributed by atoms with Crippen LogP contribution in [0.3, 0.4) is 0 Å². The predicted octanol–water partition coefficient (Wildman–Crippen LogP) is 6.50. The van der Waals surface area contributed by atoms with Gasteiger partial charge in [0.1, 0.15) is 0 Å². The number of aliphatic hydroxyl groups excluding tert-OH is 1. The molecule has 166 valence electrons. The van der Waals surface area contributed by atoms with Crippen LogP contribution in [0.4, 0.5) is 0 Å². The Morgan fingerprint density at radius 3 is 2.07 bits per heavy atom. The largest absolute Gasteiger partial charge is 0.481 e. The molecule has 0 heterocycles. The van der Waals surface area contributed by atoms with Gasteiger partial charge in [0.05, 0.1) is 18.8 Å². The molecule has 29 heavy (non-hydrogen) atoms. The molecule has 0 aliphatic rings. The fourth-order valence-corrected chi connectivity index (χ4v) is 3.69. The average Bonchev–Trinajstić information content (AvgIpc) is 2.71. The summed E-state index contributed by atoms with van der Waals surface area (Å²) in [6.45, 7) is 2.78. The van der Waals surface area contributed by atoms with Gasteiger partial charge in [-0.05, 0) is 31.2 Å². The second-order valence-electron chi connectivity index (χ2n) is 8.21. The number of aliphatic hydroxyl groups is 1. The van der Waals surface area contributed by atoms with Crippen molar-refractivity contribution in [3.8, 4) is 0 Å². The number of ether oxygens (including phenoxy) is 1. The highest BCUT2D eigenvalue weighted by Gasteiger charge is 2.14. The Bertz CT molecular complexity index is 503. The molecular formula is C25H42O4. The predicted molar refractivity (Wildman–Crippen MR) is 119 cm³/mol. The molecule has 0 aliphatic heterocycles. The molecule has 0 aromatic heterocycles. The van der Waals surface area contributed by atoms with Crippen LogP contribution in [0, 0.1) is 0 Å². The van der Waals surface area contributed by atoms with Crippen LogP contribution in [0.15, 0.2) is 30.3 Å². The maximum atomic E-state index is 10.4. The Kier molecular flexibility index (Phi) is 15.4. The SMILES string of the molecule is CCCC(CC(O)CCCCCCCCCCCC(=O)O)OCc1ccccc1. The number of benzene rings is 1. The molecule has 0 fully saturated rings. The normalized spacial score (nSPS) is 13.3. The molecule has 4 nitrogen and oxygen atoms in total. The Morgan fingerprint density at radius 1 is 0.897 bits per heavy atom. The highest BCUT2D eigenvalue weighted by Crippen LogP contribution is 2.17. The molecule has 0 amide bonds. The lowest BCUT2D eigenvalue weighted by Crippen LogP contribution is -2.21. The zero-order valence-electron chi connectivity index (χ0n) is 18.4. The van der Waals surface area contributed by atoms with Gasteiger partial charge < -0.3 is 14.9 Å². The zero-order valence-corrected chi connectivity index (χ0v) is 18.4. The topological polar surface area (TPSA) is 66.8 Å². The van der Waals surface area contributed by atoms with Crippen LogP contribution in [0.5, 0.6) is 0 Å². The molecule has 0 saturated carbocycles. The van der Waals surface area contributed by atoms with Crippen LogP contribution in [0.2, 0.25) is 0 Å². The maximum absolute atomic E-state index is 10.4. The van der Waals surface area contributed by atoms with Crippen molar-refractivity contribution >= 4 is 5.97 Å². The Balaban J connectivity index is 2.01. The minimum Gasteiger partial charge on any atom is -0.481 e. The van der Waals surface area contributed by atoms with Crippen molar-refractivity contribution < 1.29 is 19.7 Å². The van der Waals surface area contributed by atoms with E-state index in [0.717, 1.165) is 51.4 Å². The maximum Gasteiger partial charge on any atom is 0.303 e.